The van der Waals surface area contributed by atoms with E-state index in [4.69, 9.17) is 0 Å². The Morgan fingerprint density at radius 3 is 2.31 bits per heavy atom. The summed E-state index contributed by atoms with van der Waals surface area (Å²) in [6.45, 7) is 7.95. The molecule has 0 aliphatic rings. The quantitative estimate of drug-likeness (QED) is 0.355. The van der Waals surface area contributed by atoms with Crippen molar-refractivity contribution in [1.29, 1.82) is 0 Å². The van der Waals surface area contributed by atoms with Gasteiger partial charge in [0, 0.05) is 5.69 Å². The van der Waals surface area contributed by atoms with Gasteiger partial charge < -0.3 is 10.6 Å². The number of amides is 1. The van der Waals surface area contributed by atoms with Crippen molar-refractivity contribution in [2.75, 3.05) is 16.4 Å². The molecule has 4 aromatic rings. The molecule has 2 aromatic carbocycles. The Morgan fingerprint density at radius 1 is 0.969 bits per heavy atom. The molecule has 0 radical (unpaired) electrons. The number of carbonyl (C=O) groups is 1. The normalized spacial score (nSPS) is 10.9. The fraction of sp³-hybridized carbons (Fsp3) is 0.217. The van der Waals surface area contributed by atoms with Crippen LogP contribution in [0.5, 0.6) is 0 Å². The number of rotatable bonds is 7. The van der Waals surface area contributed by atoms with Crippen molar-refractivity contribution in [1.82, 2.24) is 20.0 Å². The zero-order chi connectivity index (χ0) is 22.7. The topological polar surface area (TPSA) is 84.7 Å². The molecule has 0 aliphatic carbocycles. The second kappa shape index (κ2) is 9.54. The highest BCUT2D eigenvalue weighted by atomic mass is 32.2. The summed E-state index contributed by atoms with van der Waals surface area (Å²) >= 11 is 2.79. The zero-order valence-electron chi connectivity index (χ0n) is 18.3. The predicted octanol–water partition coefficient (Wildman–Crippen LogP) is 5.43. The van der Waals surface area contributed by atoms with Crippen molar-refractivity contribution < 1.29 is 4.79 Å². The third kappa shape index (κ3) is 5.17. The molecule has 4 rings (SSSR count). The lowest BCUT2D eigenvalue weighted by atomic mass is 10.2. The first-order valence-corrected chi connectivity index (χ1v) is 11.9. The molecule has 0 unspecified atom stereocenters. The van der Waals surface area contributed by atoms with Crippen molar-refractivity contribution in [3.8, 4) is 5.69 Å². The molecule has 0 saturated heterocycles. The Labute approximate surface area is 195 Å². The van der Waals surface area contributed by atoms with E-state index in [1.54, 1.807) is 0 Å². The van der Waals surface area contributed by atoms with Gasteiger partial charge in [-0.1, -0.05) is 58.5 Å². The molecule has 0 saturated carbocycles. The molecule has 0 fully saturated rings. The summed E-state index contributed by atoms with van der Waals surface area (Å²) in [6.07, 6.45) is 0. The Morgan fingerprint density at radius 2 is 1.62 bits per heavy atom. The smallest absolute Gasteiger partial charge is 0.234 e. The Balaban J connectivity index is 1.36. The van der Waals surface area contributed by atoms with Crippen LogP contribution in [0.2, 0.25) is 0 Å². The highest BCUT2D eigenvalue weighted by Gasteiger charge is 2.16. The number of nitrogens with one attached hydrogen (secondary N) is 2. The number of benzene rings is 2. The summed E-state index contributed by atoms with van der Waals surface area (Å²) < 4.78 is 2.59. The molecule has 0 aliphatic heterocycles. The van der Waals surface area contributed by atoms with Crippen molar-refractivity contribution in [2.45, 2.75) is 32.0 Å². The van der Waals surface area contributed by atoms with Gasteiger partial charge in [-0.2, -0.15) is 5.10 Å². The maximum atomic E-state index is 12.6. The first-order chi connectivity index (χ1) is 15.4. The molecule has 7 nitrogen and oxygen atoms in total. The van der Waals surface area contributed by atoms with Gasteiger partial charge in [0.25, 0.3) is 0 Å². The van der Waals surface area contributed by atoms with E-state index in [0.717, 1.165) is 32.8 Å². The molecular formula is C23H24N6OS2. The predicted molar refractivity (Wildman–Crippen MR) is 131 cm³/mol. The Kier molecular flexibility index (Phi) is 6.57. The molecule has 164 valence electrons. The van der Waals surface area contributed by atoms with Gasteiger partial charge >= 0.3 is 0 Å². The van der Waals surface area contributed by atoms with Gasteiger partial charge in [0.15, 0.2) is 4.34 Å². The third-order valence-electron chi connectivity index (χ3n) is 4.87. The molecule has 32 heavy (non-hydrogen) atoms. The number of nitrogens with zero attached hydrogens (tertiary/aromatic N) is 4. The molecule has 1 amide bonds. The first-order valence-electron chi connectivity index (χ1n) is 10.1. The highest BCUT2D eigenvalue weighted by molar-refractivity contribution is 8.01. The number of carbonyl (C=O) groups excluding carboxylic acids is 1. The molecule has 0 bridgehead atoms. The van der Waals surface area contributed by atoms with Crippen LogP contribution in [0.1, 0.15) is 22.5 Å². The standard InChI is InChI=1S/C23H24N6OS2/c1-14-5-9-18(10-6-14)24-22-26-27-23(32-22)31-13-20(30)25-21-16(3)28-29(17(21)4)19-11-7-15(2)8-12-19/h5-12H,13H2,1-4H3,(H,24,26)(H,25,30). The van der Waals surface area contributed by atoms with Crippen molar-refractivity contribution in [2.24, 2.45) is 0 Å². The van der Waals surface area contributed by atoms with E-state index in [1.807, 2.05) is 80.9 Å². The Bertz CT molecular complexity index is 1230. The van der Waals surface area contributed by atoms with Crippen LogP contribution in [0, 0.1) is 27.7 Å². The van der Waals surface area contributed by atoms with Gasteiger partial charge in [0.2, 0.25) is 11.0 Å². The number of hydrogen-bond acceptors (Lipinski definition) is 7. The van der Waals surface area contributed by atoms with Crippen LogP contribution >= 0.6 is 23.1 Å². The van der Waals surface area contributed by atoms with Crippen LogP contribution in [0.15, 0.2) is 52.9 Å². The number of thioether (sulfide) groups is 1. The summed E-state index contributed by atoms with van der Waals surface area (Å²) in [7, 11) is 0. The fourth-order valence-corrected chi connectivity index (χ4v) is 4.71. The van der Waals surface area contributed by atoms with Crippen molar-refractivity contribution in [3.05, 3.63) is 71.0 Å². The monoisotopic (exact) mass is 464 g/mol. The number of aryl methyl sites for hydroxylation is 3. The van der Waals surface area contributed by atoms with E-state index in [0.29, 0.717) is 5.13 Å². The average Bonchev–Trinajstić information content (AvgIpc) is 3.34. The van der Waals surface area contributed by atoms with Crippen LogP contribution in [0.3, 0.4) is 0 Å². The molecule has 2 heterocycles. The summed E-state index contributed by atoms with van der Waals surface area (Å²) in [6, 6.07) is 16.2. The number of anilines is 3. The van der Waals surface area contributed by atoms with Gasteiger partial charge in [-0.25, -0.2) is 4.68 Å². The summed E-state index contributed by atoms with van der Waals surface area (Å²) in [5.74, 6) is 0.140. The van der Waals surface area contributed by atoms with Gasteiger partial charge in [0.1, 0.15) is 0 Å². The van der Waals surface area contributed by atoms with E-state index < -0.39 is 0 Å². The van der Waals surface area contributed by atoms with E-state index in [9.17, 15) is 4.79 Å². The molecule has 9 heteroatoms. The van der Waals surface area contributed by atoms with Crippen LogP contribution in [0.25, 0.3) is 5.69 Å². The highest BCUT2D eigenvalue weighted by Crippen LogP contribution is 2.28. The van der Waals surface area contributed by atoms with Gasteiger partial charge in [-0.05, 0) is 52.0 Å². The van der Waals surface area contributed by atoms with E-state index in [2.05, 4.69) is 25.9 Å². The van der Waals surface area contributed by atoms with Gasteiger partial charge in [-0.15, -0.1) is 10.2 Å². The third-order valence-corrected chi connectivity index (χ3v) is 6.84. The summed E-state index contributed by atoms with van der Waals surface area (Å²) in [4.78, 5) is 12.6. The number of aromatic nitrogens is 4. The largest absolute Gasteiger partial charge is 0.330 e. The number of hydrogen-bond donors (Lipinski definition) is 2. The van der Waals surface area contributed by atoms with Crippen molar-refractivity contribution >= 4 is 45.5 Å². The summed E-state index contributed by atoms with van der Waals surface area (Å²) in [5, 5.41) is 19.9. The average molecular weight is 465 g/mol. The van der Waals surface area contributed by atoms with E-state index in [1.165, 1.54) is 34.2 Å². The maximum absolute atomic E-state index is 12.6. The van der Waals surface area contributed by atoms with Gasteiger partial charge in [0.05, 0.1) is 28.5 Å². The fourth-order valence-electron chi connectivity index (χ4n) is 3.14. The lowest BCUT2D eigenvalue weighted by molar-refractivity contribution is -0.113. The lowest BCUT2D eigenvalue weighted by Gasteiger charge is -2.07. The molecule has 2 N–H and O–H groups in total. The van der Waals surface area contributed by atoms with Crippen molar-refractivity contribution in [3.63, 3.8) is 0 Å². The SMILES string of the molecule is Cc1ccc(Nc2nnc(SCC(=O)Nc3c(C)nn(-c4ccc(C)cc4)c3C)s2)cc1. The van der Waals surface area contributed by atoms with Crippen LogP contribution in [0.4, 0.5) is 16.5 Å². The minimum atomic E-state index is -0.104. The minimum absolute atomic E-state index is 0.104. The minimum Gasteiger partial charge on any atom is -0.330 e. The lowest BCUT2D eigenvalue weighted by Crippen LogP contribution is -2.15. The summed E-state index contributed by atoms with van der Waals surface area (Å²) in [5.41, 5.74) is 6.73. The maximum Gasteiger partial charge on any atom is 0.234 e. The first kappa shape index (κ1) is 22.0. The van der Waals surface area contributed by atoms with Crippen LogP contribution in [-0.4, -0.2) is 31.6 Å². The van der Waals surface area contributed by atoms with E-state index in [-0.39, 0.29) is 11.7 Å². The van der Waals surface area contributed by atoms with Gasteiger partial charge in [-0.3, -0.25) is 4.79 Å². The van der Waals surface area contributed by atoms with E-state index >= 15 is 0 Å². The zero-order valence-corrected chi connectivity index (χ0v) is 20.0. The second-order valence-corrected chi connectivity index (χ2v) is 9.69. The van der Waals surface area contributed by atoms with Crippen LogP contribution in [-0.2, 0) is 4.79 Å². The molecule has 2 aromatic heterocycles. The van der Waals surface area contributed by atoms with Crippen LogP contribution < -0.4 is 10.6 Å². The molecule has 0 atom stereocenters. The Hall–Kier alpha value is -3.17. The second-order valence-electron chi connectivity index (χ2n) is 7.49. The molecular weight excluding hydrogens is 440 g/mol. The molecule has 0 spiro atoms.